The largest absolute Gasteiger partial charge is 0.465 e. The third kappa shape index (κ3) is 8.13. The summed E-state index contributed by atoms with van der Waals surface area (Å²) in [7, 11) is 0. The molecule has 1 aromatic rings. The highest BCUT2D eigenvalue weighted by Crippen LogP contribution is 2.21. The Hall–Kier alpha value is -3.83. The fourth-order valence-corrected chi connectivity index (χ4v) is 2.80. The minimum absolute atomic E-state index is 0.0602. The quantitative estimate of drug-likeness (QED) is 0.231. The number of hydrogen-bond acceptors (Lipinski definition) is 8. The Morgan fingerprint density at radius 1 is 1.28 bits per heavy atom. The summed E-state index contributed by atoms with van der Waals surface area (Å²) in [6.45, 7) is 4.78. The van der Waals surface area contributed by atoms with Crippen LogP contribution >= 0.6 is 0 Å². The van der Waals surface area contributed by atoms with E-state index >= 15 is 0 Å². The van der Waals surface area contributed by atoms with Crippen LogP contribution in [0.3, 0.4) is 0 Å². The molecule has 1 heterocycles. The molecule has 4 amide bonds. The number of primary amides is 1. The van der Waals surface area contributed by atoms with Gasteiger partial charge in [-0.25, -0.2) is 9.59 Å². The van der Waals surface area contributed by atoms with Crippen molar-refractivity contribution in [3.63, 3.8) is 0 Å². The fraction of sp³-hybridized carbons (Fsp3) is 0.450. The van der Waals surface area contributed by atoms with Crippen LogP contribution in [0.4, 0.5) is 15.3 Å². The molecule has 12 nitrogen and oxygen atoms in total. The first-order chi connectivity index (χ1) is 15.3. The molecule has 174 valence electrons. The number of hydrogen-bond donors (Lipinski definition) is 4. The van der Waals surface area contributed by atoms with Gasteiger partial charge in [0.05, 0.1) is 19.2 Å². The first-order valence-corrected chi connectivity index (χ1v) is 10.1. The zero-order valence-electron chi connectivity index (χ0n) is 18.0. The van der Waals surface area contributed by atoms with Crippen LogP contribution in [0.15, 0.2) is 29.4 Å². The monoisotopic (exact) mass is 448 g/mol. The molecule has 5 N–H and O–H groups in total. The minimum Gasteiger partial charge on any atom is -0.465 e. The number of ether oxygens (including phenoxy) is 1. The van der Waals surface area contributed by atoms with Gasteiger partial charge in [-0.15, -0.1) is 5.59 Å². The van der Waals surface area contributed by atoms with Crippen molar-refractivity contribution < 1.29 is 28.8 Å². The van der Waals surface area contributed by atoms with Crippen molar-refractivity contribution >= 4 is 35.9 Å². The molecule has 12 heteroatoms. The normalized spacial score (nSPS) is 15.7. The van der Waals surface area contributed by atoms with Gasteiger partial charge in [0.15, 0.2) is 0 Å². The maximum atomic E-state index is 12.6. The summed E-state index contributed by atoms with van der Waals surface area (Å²) >= 11 is 0. The molecule has 2 rings (SSSR count). The van der Waals surface area contributed by atoms with Crippen molar-refractivity contribution in [3.8, 4) is 0 Å². The second-order valence-electron chi connectivity index (χ2n) is 7.42. The van der Waals surface area contributed by atoms with Gasteiger partial charge in [-0.1, -0.05) is 26.0 Å². The van der Waals surface area contributed by atoms with E-state index < -0.39 is 18.2 Å². The average molecular weight is 448 g/mol. The van der Waals surface area contributed by atoms with E-state index in [1.807, 2.05) is 19.4 Å². The van der Waals surface area contributed by atoms with Crippen LogP contribution in [0.5, 0.6) is 0 Å². The molecule has 1 aromatic carbocycles. The number of urea groups is 1. The SMILES string of the molecule is CC(C)COC(=O)CCNC(=O)N[C@H]1CCN(c2ccc(C=NNOC(N)=O)cc2)C1=O. The van der Waals surface area contributed by atoms with Gasteiger partial charge in [-0.3, -0.25) is 9.59 Å². The summed E-state index contributed by atoms with van der Waals surface area (Å²) in [6, 6.07) is 5.76. The second kappa shape index (κ2) is 12.1. The van der Waals surface area contributed by atoms with E-state index in [-0.39, 0.29) is 30.8 Å². The summed E-state index contributed by atoms with van der Waals surface area (Å²) in [4.78, 5) is 52.5. The standard InChI is InChI=1S/C20H28N6O6/c1-13(2)12-31-17(27)7-9-22-20(30)24-16-8-10-26(18(16)28)15-5-3-14(4-6-15)11-23-25-32-19(21)29/h3-6,11,13,16,25H,7-10,12H2,1-2H3,(H2,21,29)(H2,22,24,30)/t16-/m0/s1. The molecule has 1 fully saturated rings. The number of anilines is 1. The van der Waals surface area contributed by atoms with Gasteiger partial charge in [0.1, 0.15) is 6.04 Å². The summed E-state index contributed by atoms with van der Waals surface area (Å²) in [5.74, 6) is -0.364. The van der Waals surface area contributed by atoms with Crippen molar-refractivity contribution in [3.05, 3.63) is 29.8 Å². The van der Waals surface area contributed by atoms with Crippen molar-refractivity contribution in [1.29, 1.82) is 0 Å². The lowest BCUT2D eigenvalue weighted by molar-refractivity contribution is -0.144. The van der Waals surface area contributed by atoms with Gasteiger partial charge in [0.2, 0.25) is 5.91 Å². The molecule has 0 aromatic heterocycles. The first kappa shape index (κ1) is 24.4. The van der Waals surface area contributed by atoms with Gasteiger partial charge in [-0.05, 0) is 30.0 Å². The molecule has 0 radical (unpaired) electrons. The second-order valence-corrected chi connectivity index (χ2v) is 7.42. The Balaban J connectivity index is 1.76. The third-order valence-electron chi connectivity index (χ3n) is 4.32. The number of nitrogens with two attached hydrogens (primary N) is 1. The third-order valence-corrected chi connectivity index (χ3v) is 4.32. The van der Waals surface area contributed by atoms with E-state index in [1.54, 1.807) is 29.2 Å². The topological polar surface area (TPSA) is 164 Å². The number of benzene rings is 1. The number of nitrogens with zero attached hydrogens (tertiary/aromatic N) is 2. The lowest BCUT2D eigenvalue weighted by Crippen LogP contribution is -2.46. The van der Waals surface area contributed by atoms with Crippen molar-refractivity contribution in [2.24, 2.45) is 16.8 Å². The van der Waals surface area contributed by atoms with E-state index in [0.717, 1.165) is 0 Å². The lowest BCUT2D eigenvalue weighted by atomic mass is 10.2. The van der Waals surface area contributed by atoms with Crippen LogP contribution in [-0.4, -0.2) is 56.0 Å². The molecular weight excluding hydrogens is 420 g/mol. The molecule has 0 spiro atoms. The predicted octanol–water partition coefficient (Wildman–Crippen LogP) is 0.614. The molecule has 32 heavy (non-hydrogen) atoms. The Morgan fingerprint density at radius 3 is 2.66 bits per heavy atom. The van der Waals surface area contributed by atoms with Crippen molar-refractivity contribution in [2.75, 3.05) is 24.6 Å². The highest BCUT2D eigenvalue weighted by Gasteiger charge is 2.33. The summed E-state index contributed by atoms with van der Waals surface area (Å²) < 4.78 is 5.04. The van der Waals surface area contributed by atoms with E-state index in [0.29, 0.717) is 30.8 Å². The number of hydrazone groups is 1. The lowest BCUT2D eigenvalue weighted by Gasteiger charge is -2.17. The Bertz CT molecular complexity index is 841. The van der Waals surface area contributed by atoms with E-state index in [4.69, 9.17) is 10.5 Å². The van der Waals surface area contributed by atoms with E-state index in [9.17, 15) is 19.2 Å². The Kier molecular flexibility index (Phi) is 9.26. The number of carbonyl (C=O) groups is 4. The number of nitrogens with one attached hydrogen (secondary N) is 3. The van der Waals surface area contributed by atoms with Crippen LogP contribution in [0, 0.1) is 5.92 Å². The van der Waals surface area contributed by atoms with Crippen LogP contribution < -0.4 is 26.9 Å². The maximum Gasteiger partial charge on any atom is 0.430 e. The van der Waals surface area contributed by atoms with Crippen LogP contribution in [0.2, 0.25) is 0 Å². The number of esters is 1. The highest BCUT2D eigenvalue weighted by atomic mass is 16.7. The fourth-order valence-electron chi connectivity index (χ4n) is 2.80. The number of rotatable bonds is 10. The van der Waals surface area contributed by atoms with Gasteiger partial charge < -0.3 is 30.8 Å². The van der Waals surface area contributed by atoms with Crippen molar-refractivity contribution in [1.82, 2.24) is 16.2 Å². The molecule has 0 aliphatic carbocycles. The summed E-state index contributed by atoms with van der Waals surface area (Å²) in [5, 5.41) is 8.85. The molecule has 0 saturated carbocycles. The summed E-state index contributed by atoms with van der Waals surface area (Å²) in [6.07, 6.45) is 0.919. The minimum atomic E-state index is -1.01. The van der Waals surface area contributed by atoms with Gasteiger partial charge >= 0.3 is 18.1 Å². The molecule has 1 aliphatic heterocycles. The van der Waals surface area contributed by atoms with Gasteiger partial charge in [-0.2, -0.15) is 5.10 Å². The average Bonchev–Trinajstić information content (AvgIpc) is 3.10. The zero-order chi connectivity index (χ0) is 23.5. The smallest absolute Gasteiger partial charge is 0.430 e. The molecule has 1 atom stereocenters. The molecular formula is C20H28N6O6. The molecule has 0 unspecified atom stereocenters. The van der Waals surface area contributed by atoms with Gasteiger partial charge in [0, 0.05) is 18.8 Å². The van der Waals surface area contributed by atoms with Crippen LogP contribution in [0.25, 0.3) is 0 Å². The number of carbonyl (C=O) groups excluding carboxylic acids is 4. The molecule has 0 bridgehead atoms. The van der Waals surface area contributed by atoms with Gasteiger partial charge in [0.25, 0.3) is 0 Å². The molecule has 1 saturated heterocycles. The van der Waals surface area contributed by atoms with E-state index in [2.05, 4.69) is 20.6 Å². The number of amides is 4. The summed E-state index contributed by atoms with van der Waals surface area (Å²) in [5.41, 5.74) is 8.18. The molecule has 1 aliphatic rings. The maximum absolute atomic E-state index is 12.6. The highest BCUT2D eigenvalue weighted by molar-refractivity contribution is 6.01. The van der Waals surface area contributed by atoms with E-state index in [1.165, 1.54) is 6.21 Å². The predicted molar refractivity (Wildman–Crippen MR) is 116 cm³/mol. The van der Waals surface area contributed by atoms with Crippen LogP contribution in [-0.2, 0) is 19.2 Å². The Labute approximate surface area is 185 Å². The first-order valence-electron chi connectivity index (χ1n) is 10.1. The van der Waals surface area contributed by atoms with Crippen LogP contribution in [0.1, 0.15) is 32.3 Å². The van der Waals surface area contributed by atoms with Crippen molar-refractivity contribution in [2.45, 2.75) is 32.7 Å². The Morgan fingerprint density at radius 2 is 2.00 bits per heavy atom. The zero-order valence-corrected chi connectivity index (χ0v) is 18.0.